The molecule has 20 heavy (non-hydrogen) atoms. The fraction of sp³-hybridized carbons (Fsp3) is 0.0769. The monoisotopic (exact) mass is 340 g/mol. The first-order valence-corrected chi connectivity index (χ1v) is 6.27. The van der Waals surface area contributed by atoms with Crippen LogP contribution in [0, 0.1) is 6.92 Å². The molecule has 0 unspecified atom stereocenters. The molecular weight excluding hydrogens is 328 g/mol. The quantitative estimate of drug-likeness (QED) is 0.722. The third kappa shape index (κ3) is 4.43. The smallest absolute Gasteiger partial charge is 0.335 e. The van der Waals surface area contributed by atoms with E-state index < -0.39 is 11.7 Å². The largest absolute Gasteiger partial charge is 0.872 e. The minimum atomic E-state index is -1.28. The molecule has 6 nitrogen and oxygen atoms in total. The zero-order valence-corrected chi connectivity index (χ0v) is 12.1. The van der Waals surface area contributed by atoms with Gasteiger partial charge in [0.15, 0.2) is 0 Å². The minimum absolute atomic E-state index is 0.222. The van der Waals surface area contributed by atoms with Gasteiger partial charge in [0.2, 0.25) is 0 Å². The van der Waals surface area contributed by atoms with Crippen LogP contribution < -0.4 is 15.8 Å². The van der Waals surface area contributed by atoms with Crippen molar-refractivity contribution < 1.29 is 25.1 Å². The summed E-state index contributed by atoms with van der Waals surface area (Å²) < 4.78 is 1.02. The van der Waals surface area contributed by atoms with Gasteiger partial charge in [-0.2, -0.15) is 0 Å². The summed E-state index contributed by atoms with van der Waals surface area (Å²) in [7, 11) is 0. The molecule has 0 aliphatic rings. The molecular formula is C13H13BrN2O4. The Kier molecular flexibility index (Phi) is 5.33. The molecule has 5 N–H and O–H groups in total. The zero-order chi connectivity index (χ0) is 15.3. The number of carboxylic acids is 1. The topological polar surface area (TPSA) is 121 Å². The van der Waals surface area contributed by atoms with Gasteiger partial charge in [-0.1, -0.05) is 5.75 Å². The minimum Gasteiger partial charge on any atom is -0.872 e. The Hall–Kier alpha value is -2.28. The second kappa shape index (κ2) is 6.76. The van der Waals surface area contributed by atoms with Gasteiger partial charge in [-0.3, -0.25) is 5.73 Å². The van der Waals surface area contributed by atoms with Crippen LogP contribution in [0.4, 0.5) is 5.82 Å². The Bertz CT molecular complexity index is 632. The Morgan fingerprint density at radius 3 is 2.50 bits per heavy atom. The van der Waals surface area contributed by atoms with E-state index in [9.17, 15) is 9.90 Å². The van der Waals surface area contributed by atoms with Gasteiger partial charge < -0.3 is 15.3 Å². The maximum Gasteiger partial charge on any atom is 0.335 e. The van der Waals surface area contributed by atoms with E-state index in [0.717, 1.165) is 34.1 Å². The van der Waals surface area contributed by atoms with Gasteiger partial charge in [0.25, 0.3) is 5.82 Å². The van der Waals surface area contributed by atoms with E-state index in [-0.39, 0.29) is 11.3 Å². The highest BCUT2D eigenvalue weighted by molar-refractivity contribution is 9.10. The molecule has 0 fully saturated rings. The van der Waals surface area contributed by atoms with Gasteiger partial charge in [0, 0.05) is 5.56 Å². The standard InChI is InChI=1S/C7H6O4.C6H7BrN2/c8-4-1-2-5(7(10)11)6(9)3-4;1-4-2-5(7)3-9-6(4)8/h1-3,8-9H,(H,10,11);2-3H,1H3,(H2,8,9). The average Bonchev–Trinajstić information content (AvgIpc) is 2.34. The molecule has 0 radical (unpaired) electrons. The Balaban J connectivity index is 0.000000204. The number of phenols is 1. The van der Waals surface area contributed by atoms with Crippen molar-refractivity contribution in [3.05, 3.63) is 46.1 Å². The van der Waals surface area contributed by atoms with Crippen LogP contribution in [0.3, 0.4) is 0 Å². The number of aromatic hydroxyl groups is 1. The van der Waals surface area contributed by atoms with Crippen LogP contribution >= 0.6 is 15.9 Å². The van der Waals surface area contributed by atoms with Crippen LogP contribution in [0.5, 0.6) is 11.5 Å². The van der Waals surface area contributed by atoms with Crippen molar-refractivity contribution in [2.75, 3.05) is 5.73 Å². The molecule has 2 rings (SSSR count). The number of carboxylic acid groups (broad SMARTS) is 1. The van der Waals surface area contributed by atoms with E-state index in [1.165, 1.54) is 0 Å². The third-order valence-electron chi connectivity index (χ3n) is 2.34. The van der Waals surface area contributed by atoms with E-state index in [1.54, 1.807) is 0 Å². The highest BCUT2D eigenvalue weighted by Crippen LogP contribution is 2.19. The van der Waals surface area contributed by atoms with Crippen LogP contribution in [0.1, 0.15) is 15.9 Å². The van der Waals surface area contributed by atoms with Crippen molar-refractivity contribution in [3.63, 3.8) is 0 Å². The summed E-state index contributed by atoms with van der Waals surface area (Å²) in [5.41, 5.74) is 6.24. The molecule has 1 heterocycles. The Morgan fingerprint density at radius 2 is 2.05 bits per heavy atom. The van der Waals surface area contributed by atoms with Crippen molar-refractivity contribution in [1.29, 1.82) is 0 Å². The summed E-state index contributed by atoms with van der Waals surface area (Å²) in [5.74, 6) is -1.47. The van der Waals surface area contributed by atoms with Crippen LogP contribution in [0.15, 0.2) is 34.9 Å². The molecule has 7 heteroatoms. The average molecular weight is 341 g/mol. The van der Waals surface area contributed by atoms with Gasteiger partial charge in [-0.25, -0.2) is 9.78 Å². The zero-order valence-electron chi connectivity index (χ0n) is 10.6. The molecule has 0 atom stereocenters. The number of rotatable bonds is 1. The second-order valence-electron chi connectivity index (χ2n) is 3.90. The van der Waals surface area contributed by atoms with Gasteiger partial charge in [0.05, 0.1) is 10.0 Å². The van der Waals surface area contributed by atoms with Crippen molar-refractivity contribution in [2.24, 2.45) is 0 Å². The number of benzene rings is 1. The molecule has 0 bridgehead atoms. The van der Waals surface area contributed by atoms with Crippen molar-refractivity contribution in [1.82, 2.24) is 0 Å². The number of aromatic amines is 1. The lowest BCUT2D eigenvalue weighted by Crippen LogP contribution is -2.10. The fourth-order valence-corrected chi connectivity index (χ4v) is 1.73. The number of halogens is 1. The summed E-state index contributed by atoms with van der Waals surface area (Å²) >= 11 is 3.31. The molecule has 0 amide bonds. The van der Waals surface area contributed by atoms with Gasteiger partial charge >= 0.3 is 5.97 Å². The van der Waals surface area contributed by atoms with Crippen LogP contribution in [0.25, 0.3) is 0 Å². The first kappa shape index (κ1) is 15.8. The van der Waals surface area contributed by atoms with E-state index in [1.807, 2.05) is 19.2 Å². The molecule has 1 aromatic carbocycles. The summed E-state index contributed by atoms with van der Waals surface area (Å²) in [5, 5.41) is 27.8. The Morgan fingerprint density at radius 1 is 1.40 bits per heavy atom. The molecule has 2 aromatic rings. The number of pyridine rings is 1. The lowest BCUT2D eigenvalue weighted by atomic mass is 10.2. The molecule has 0 spiro atoms. The lowest BCUT2D eigenvalue weighted by Gasteiger charge is -2.08. The SMILES string of the molecule is Cc1cc(Br)c[nH+]c1N.O=C(O)c1ccc(O)cc1[O-]. The van der Waals surface area contributed by atoms with Crippen LogP contribution in [0.2, 0.25) is 0 Å². The van der Waals surface area contributed by atoms with Crippen LogP contribution in [-0.4, -0.2) is 16.2 Å². The number of hydrogen-bond acceptors (Lipinski definition) is 4. The number of phenolic OH excluding ortho intramolecular Hbond substituents is 1. The summed E-state index contributed by atoms with van der Waals surface area (Å²) in [6, 6.07) is 5.06. The van der Waals surface area contributed by atoms with Crippen LogP contribution in [-0.2, 0) is 0 Å². The number of carbonyl (C=O) groups is 1. The number of H-pyrrole nitrogens is 1. The number of anilines is 1. The predicted molar refractivity (Wildman–Crippen MR) is 74.4 cm³/mol. The van der Waals surface area contributed by atoms with E-state index in [2.05, 4.69) is 20.9 Å². The molecule has 106 valence electrons. The predicted octanol–water partition coefficient (Wildman–Crippen LogP) is 1.32. The number of hydrogen-bond donors (Lipinski definition) is 3. The van der Waals surface area contributed by atoms with E-state index in [0.29, 0.717) is 0 Å². The maximum atomic E-state index is 10.7. The van der Waals surface area contributed by atoms with Crippen molar-refractivity contribution in [2.45, 2.75) is 6.92 Å². The van der Waals surface area contributed by atoms with E-state index in [4.69, 9.17) is 15.9 Å². The number of nitrogens with one attached hydrogen (secondary N) is 1. The molecule has 0 aliphatic heterocycles. The summed E-state index contributed by atoms with van der Waals surface area (Å²) in [4.78, 5) is 13.2. The second-order valence-corrected chi connectivity index (χ2v) is 4.82. The molecule has 0 saturated heterocycles. The van der Waals surface area contributed by atoms with Crippen molar-refractivity contribution >= 4 is 27.7 Å². The lowest BCUT2D eigenvalue weighted by molar-refractivity contribution is -0.361. The number of nitrogens with two attached hydrogens (primary N) is 1. The van der Waals surface area contributed by atoms with Gasteiger partial charge in [-0.05, 0) is 47.1 Å². The normalized spacial score (nSPS) is 9.50. The van der Waals surface area contributed by atoms with Gasteiger partial charge in [-0.15, -0.1) is 0 Å². The number of aromatic carboxylic acids is 1. The Labute approximate surface area is 123 Å². The fourth-order valence-electron chi connectivity index (χ4n) is 1.27. The number of aryl methyl sites for hydroxylation is 1. The maximum absolute atomic E-state index is 10.7. The highest BCUT2D eigenvalue weighted by atomic mass is 79.9. The third-order valence-corrected chi connectivity index (χ3v) is 2.80. The first-order valence-electron chi connectivity index (χ1n) is 5.48. The first-order chi connectivity index (χ1) is 9.31. The number of aromatic nitrogens is 1. The van der Waals surface area contributed by atoms with Crippen molar-refractivity contribution in [3.8, 4) is 11.5 Å². The number of nitrogen functional groups attached to an aromatic ring is 1. The molecule has 0 aliphatic carbocycles. The molecule has 1 aromatic heterocycles. The summed E-state index contributed by atoms with van der Waals surface area (Å²) in [6.45, 7) is 1.95. The molecule has 0 saturated carbocycles. The summed E-state index contributed by atoms with van der Waals surface area (Å²) in [6.07, 6.45) is 1.81. The highest BCUT2D eigenvalue weighted by Gasteiger charge is 2.02. The van der Waals surface area contributed by atoms with Gasteiger partial charge in [0.1, 0.15) is 11.9 Å². The van der Waals surface area contributed by atoms with E-state index >= 15 is 0 Å².